The first kappa shape index (κ1) is 25.2. The molecule has 0 N–H and O–H groups in total. The summed E-state index contributed by atoms with van der Waals surface area (Å²) in [4.78, 5) is 11.9. The average molecular weight is 448 g/mol. The smallest absolute Gasteiger partial charge is 0.545 e. The molecule has 0 saturated heterocycles. The Balaban J connectivity index is 0.00000363. The van der Waals surface area contributed by atoms with E-state index < -0.39 is 5.97 Å². The van der Waals surface area contributed by atoms with E-state index in [2.05, 4.69) is 0 Å². The summed E-state index contributed by atoms with van der Waals surface area (Å²) in [6.07, 6.45) is 0. The van der Waals surface area contributed by atoms with Crippen LogP contribution >= 0.6 is 0 Å². The third-order valence-electron chi connectivity index (χ3n) is 4.30. The van der Waals surface area contributed by atoms with Gasteiger partial charge in [-0.25, -0.2) is 0 Å². The first-order valence-electron chi connectivity index (χ1n) is 9.13. The van der Waals surface area contributed by atoms with E-state index in [1.165, 1.54) is 40.6 Å². The van der Waals surface area contributed by atoms with E-state index in [0.29, 0.717) is 34.5 Å². The number of ether oxygens (including phenoxy) is 6. The molecule has 0 atom stereocenters. The maximum absolute atomic E-state index is 11.9. The Morgan fingerprint density at radius 3 is 1.22 bits per heavy atom. The molecular weight excluding hydrogens is 427 g/mol. The molecule has 0 aliphatic carbocycles. The van der Waals surface area contributed by atoms with Gasteiger partial charge in [-0.1, -0.05) is 6.07 Å². The summed E-state index contributed by atoms with van der Waals surface area (Å²) in [6.45, 7) is 0. The van der Waals surface area contributed by atoms with Gasteiger partial charge in [0.2, 0.25) is 0 Å². The van der Waals surface area contributed by atoms with E-state index in [9.17, 15) is 9.90 Å². The van der Waals surface area contributed by atoms with Crippen molar-refractivity contribution in [3.05, 3.63) is 60.2 Å². The molecular formula is C23H21NaO8. The van der Waals surface area contributed by atoms with Crippen molar-refractivity contribution in [1.82, 2.24) is 0 Å². The summed E-state index contributed by atoms with van der Waals surface area (Å²) in [5.74, 6) is 1.18. The Morgan fingerprint density at radius 2 is 0.938 bits per heavy atom. The van der Waals surface area contributed by atoms with Crippen LogP contribution in [0, 0.1) is 0 Å². The van der Waals surface area contributed by atoms with E-state index in [0.717, 1.165) is 0 Å². The van der Waals surface area contributed by atoms with Crippen LogP contribution < -0.4 is 63.1 Å². The fraction of sp³-hybridized carbons (Fsp3) is 0.174. The number of carboxylic acids is 1. The maximum atomic E-state index is 11.9. The normalized spacial score (nSPS) is 9.88. The van der Waals surface area contributed by atoms with Crippen molar-refractivity contribution in [3.8, 4) is 46.0 Å². The molecule has 9 heteroatoms. The zero-order valence-electron chi connectivity index (χ0n) is 18.5. The van der Waals surface area contributed by atoms with Gasteiger partial charge in [0.15, 0.2) is 0 Å². The van der Waals surface area contributed by atoms with Crippen molar-refractivity contribution in [1.29, 1.82) is 0 Å². The van der Waals surface area contributed by atoms with Gasteiger partial charge in [0, 0.05) is 36.4 Å². The standard InChI is InChI=1S/C23H22O8.Na/c1-26-14-8-15(27-2)11-18(10-14)30-20-6-5-7-21(22(20)23(24)25)31-19-12-16(28-3)9-17(13-19)29-4;/h5-13H,1-4H3,(H,24,25);/q;+1/p-1. The van der Waals surface area contributed by atoms with Crippen LogP contribution in [0.15, 0.2) is 54.6 Å². The molecule has 8 nitrogen and oxygen atoms in total. The predicted molar refractivity (Wildman–Crippen MR) is 110 cm³/mol. The van der Waals surface area contributed by atoms with Crippen LogP contribution in [0.25, 0.3) is 0 Å². The fourth-order valence-corrected chi connectivity index (χ4v) is 2.82. The van der Waals surface area contributed by atoms with E-state index in [-0.39, 0.29) is 46.6 Å². The molecule has 0 aromatic heterocycles. The first-order chi connectivity index (χ1) is 15.0. The number of hydrogen-bond donors (Lipinski definition) is 0. The van der Waals surface area contributed by atoms with Crippen molar-refractivity contribution in [2.24, 2.45) is 0 Å². The second-order valence-corrected chi connectivity index (χ2v) is 6.22. The molecule has 0 saturated carbocycles. The third-order valence-corrected chi connectivity index (χ3v) is 4.30. The third kappa shape index (κ3) is 6.00. The van der Waals surface area contributed by atoms with Gasteiger partial charge in [-0.15, -0.1) is 0 Å². The monoisotopic (exact) mass is 448 g/mol. The second kappa shape index (κ2) is 11.5. The molecule has 3 aromatic carbocycles. The summed E-state index contributed by atoms with van der Waals surface area (Å²) in [6, 6.07) is 14.3. The van der Waals surface area contributed by atoms with E-state index in [1.54, 1.807) is 42.5 Å². The van der Waals surface area contributed by atoms with Crippen LogP contribution in [0.2, 0.25) is 0 Å². The fourth-order valence-electron chi connectivity index (χ4n) is 2.82. The Hall–Kier alpha value is -3.07. The Bertz CT molecular complexity index is 963. The molecule has 0 aliphatic rings. The zero-order valence-corrected chi connectivity index (χ0v) is 20.5. The van der Waals surface area contributed by atoms with Crippen LogP contribution in [0.3, 0.4) is 0 Å². The van der Waals surface area contributed by atoms with Gasteiger partial charge in [0.1, 0.15) is 46.0 Å². The average Bonchev–Trinajstić information content (AvgIpc) is 2.78. The number of carbonyl (C=O) groups is 1. The molecule has 0 amide bonds. The van der Waals surface area contributed by atoms with Gasteiger partial charge < -0.3 is 38.3 Å². The maximum Gasteiger partial charge on any atom is 1.00 e. The summed E-state index contributed by atoms with van der Waals surface area (Å²) in [5.41, 5.74) is -0.258. The molecule has 0 radical (unpaired) electrons. The van der Waals surface area contributed by atoms with Crippen LogP contribution in [-0.2, 0) is 0 Å². The molecule has 0 aliphatic heterocycles. The van der Waals surface area contributed by atoms with Crippen molar-refractivity contribution in [2.45, 2.75) is 0 Å². The topological polar surface area (TPSA) is 95.5 Å². The van der Waals surface area contributed by atoms with Gasteiger partial charge in [0.25, 0.3) is 0 Å². The molecule has 3 rings (SSSR count). The largest absolute Gasteiger partial charge is 1.00 e. The molecule has 3 aromatic rings. The van der Waals surface area contributed by atoms with E-state index >= 15 is 0 Å². The number of aromatic carboxylic acids is 1. The van der Waals surface area contributed by atoms with Gasteiger partial charge in [0.05, 0.1) is 40.0 Å². The predicted octanol–water partition coefficient (Wildman–Crippen LogP) is 0.673. The Kier molecular flexibility index (Phi) is 9.07. The minimum absolute atomic E-state index is 0. The molecule has 0 heterocycles. The number of methoxy groups -OCH3 is 4. The van der Waals surface area contributed by atoms with Crippen molar-refractivity contribution in [3.63, 3.8) is 0 Å². The van der Waals surface area contributed by atoms with Gasteiger partial charge in [-0.3, -0.25) is 0 Å². The molecule has 0 bridgehead atoms. The summed E-state index contributed by atoms with van der Waals surface area (Å²) in [5, 5.41) is 11.9. The number of hydrogen-bond acceptors (Lipinski definition) is 8. The number of carboxylic acid groups (broad SMARTS) is 1. The van der Waals surface area contributed by atoms with Crippen molar-refractivity contribution < 1.29 is 67.9 Å². The summed E-state index contributed by atoms with van der Waals surface area (Å²) >= 11 is 0. The quantitative estimate of drug-likeness (QED) is 0.441. The molecule has 0 unspecified atom stereocenters. The number of carbonyl (C=O) groups excluding carboxylic acids is 1. The SMILES string of the molecule is COc1cc(OC)cc(Oc2cccc(Oc3cc(OC)cc(OC)c3)c2C(=O)[O-])c1.[Na+]. The van der Waals surface area contributed by atoms with Gasteiger partial charge in [-0.2, -0.15) is 0 Å². The first-order valence-corrected chi connectivity index (χ1v) is 9.13. The minimum Gasteiger partial charge on any atom is -0.545 e. The van der Waals surface area contributed by atoms with E-state index in [4.69, 9.17) is 28.4 Å². The van der Waals surface area contributed by atoms with Crippen molar-refractivity contribution in [2.75, 3.05) is 28.4 Å². The van der Waals surface area contributed by atoms with Crippen LogP contribution in [-0.4, -0.2) is 34.4 Å². The Labute approximate surface area is 207 Å². The van der Waals surface area contributed by atoms with Crippen molar-refractivity contribution >= 4 is 5.97 Å². The molecule has 0 spiro atoms. The van der Waals surface area contributed by atoms with Crippen LogP contribution in [0.4, 0.5) is 0 Å². The number of rotatable bonds is 9. The van der Waals surface area contributed by atoms with Gasteiger partial charge in [-0.05, 0) is 12.1 Å². The second-order valence-electron chi connectivity index (χ2n) is 6.22. The molecule has 0 fully saturated rings. The van der Waals surface area contributed by atoms with E-state index in [1.807, 2.05) is 0 Å². The minimum atomic E-state index is -1.46. The summed E-state index contributed by atoms with van der Waals surface area (Å²) in [7, 11) is 6.01. The van der Waals surface area contributed by atoms with Crippen LogP contribution in [0.1, 0.15) is 10.4 Å². The van der Waals surface area contributed by atoms with Crippen LogP contribution in [0.5, 0.6) is 46.0 Å². The Morgan fingerprint density at radius 1 is 0.625 bits per heavy atom. The van der Waals surface area contributed by atoms with Gasteiger partial charge >= 0.3 is 29.6 Å². The molecule has 162 valence electrons. The zero-order chi connectivity index (χ0) is 22.4. The number of benzene rings is 3. The molecule has 32 heavy (non-hydrogen) atoms. The summed E-state index contributed by atoms with van der Waals surface area (Å²) < 4.78 is 32.5.